The molecular formula is C12H20N4O2S. The van der Waals surface area contributed by atoms with Crippen LogP contribution in [0.1, 0.15) is 30.9 Å². The molecular weight excluding hydrogens is 264 g/mol. The van der Waals surface area contributed by atoms with Crippen LogP contribution >= 0.6 is 0 Å². The maximum absolute atomic E-state index is 11.7. The lowest BCUT2D eigenvalue weighted by Gasteiger charge is -2.23. The molecule has 1 unspecified atom stereocenters. The number of nitrogens with zero attached hydrogens (tertiary/aromatic N) is 3. The van der Waals surface area contributed by atoms with Crippen molar-refractivity contribution in [2.24, 2.45) is 0 Å². The van der Waals surface area contributed by atoms with E-state index in [1.54, 1.807) is 0 Å². The minimum atomic E-state index is -2.88. The third-order valence-corrected chi connectivity index (χ3v) is 5.65. The molecule has 1 fully saturated rings. The van der Waals surface area contributed by atoms with Crippen LogP contribution in [0.25, 0.3) is 0 Å². The third-order valence-electron chi connectivity index (χ3n) is 3.92. The van der Waals surface area contributed by atoms with Crippen molar-refractivity contribution in [3.63, 3.8) is 0 Å². The second-order valence-electron chi connectivity index (χ2n) is 5.46. The Morgan fingerprint density at radius 2 is 2.16 bits per heavy atom. The molecule has 0 aromatic carbocycles. The van der Waals surface area contributed by atoms with Gasteiger partial charge in [0.15, 0.2) is 9.84 Å². The van der Waals surface area contributed by atoms with E-state index in [9.17, 15) is 8.42 Å². The van der Waals surface area contributed by atoms with Crippen LogP contribution in [0.3, 0.4) is 0 Å². The van der Waals surface area contributed by atoms with Gasteiger partial charge < -0.3 is 9.88 Å². The first-order valence-electron chi connectivity index (χ1n) is 6.99. The first-order valence-corrected chi connectivity index (χ1v) is 8.81. The molecule has 7 heteroatoms. The summed E-state index contributed by atoms with van der Waals surface area (Å²) in [5.74, 6) is 2.47. The van der Waals surface area contributed by atoms with Crippen molar-refractivity contribution in [1.82, 2.24) is 20.1 Å². The smallest absolute Gasteiger partial charge is 0.153 e. The van der Waals surface area contributed by atoms with Crippen molar-refractivity contribution >= 4 is 9.84 Å². The quantitative estimate of drug-likeness (QED) is 0.823. The zero-order valence-corrected chi connectivity index (χ0v) is 11.8. The van der Waals surface area contributed by atoms with Crippen LogP contribution in [-0.2, 0) is 29.2 Å². The number of rotatable bonds is 2. The molecule has 1 N–H and O–H groups in total. The van der Waals surface area contributed by atoms with Gasteiger partial charge >= 0.3 is 0 Å². The molecule has 0 radical (unpaired) electrons. The molecule has 2 aliphatic rings. The lowest BCUT2D eigenvalue weighted by Crippen LogP contribution is -2.46. The van der Waals surface area contributed by atoms with Crippen molar-refractivity contribution in [2.75, 3.05) is 18.1 Å². The van der Waals surface area contributed by atoms with E-state index in [2.05, 4.69) is 20.1 Å². The van der Waals surface area contributed by atoms with Crippen molar-refractivity contribution in [3.05, 3.63) is 11.6 Å². The normalized spacial score (nSPS) is 26.6. The summed E-state index contributed by atoms with van der Waals surface area (Å²) in [6.07, 6.45) is 5.22. The fourth-order valence-electron chi connectivity index (χ4n) is 2.92. The lowest BCUT2D eigenvalue weighted by molar-refractivity contribution is 0.495. The molecule has 6 nitrogen and oxygen atoms in total. The Labute approximate surface area is 113 Å². The average Bonchev–Trinajstić information content (AvgIpc) is 2.59. The number of sulfone groups is 1. The predicted octanol–water partition coefficient (Wildman–Crippen LogP) is -0.0664. The van der Waals surface area contributed by atoms with Crippen LogP contribution in [0.2, 0.25) is 0 Å². The van der Waals surface area contributed by atoms with Crippen molar-refractivity contribution in [2.45, 2.75) is 44.7 Å². The van der Waals surface area contributed by atoms with E-state index in [0.717, 1.165) is 31.0 Å². The second-order valence-corrected chi connectivity index (χ2v) is 7.69. The van der Waals surface area contributed by atoms with E-state index in [0.29, 0.717) is 13.0 Å². The Morgan fingerprint density at radius 3 is 3.00 bits per heavy atom. The van der Waals surface area contributed by atoms with Gasteiger partial charge in [-0.3, -0.25) is 0 Å². The van der Waals surface area contributed by atoms with Crippen LogP contribution in [-0.4, -0.2) is 47.3 Å². The van der Waals surface area contributed by atoms with Gasteiger partial charge in [-0.2, -0.15) is 0 Å². The molecule has 1 saturated heterocycles. The van der Waals surface area contributed by atoms with Crippen molar-refractivity contribution in [1.29, 1.82) is 0 Å². The Balaban J connectivity index is 1.75. The molecule has 3 rings (SSSR count). The maximum Gasteiger partial charge on any atom is 0.153 e. The highest BCUT2D eigenvalue weighted by Crippen LogP contribution is 2.16. The monoisotopic (exact) mass is 284 g/mol. The highest BCUT2D eigenvalue weighted by atomic mass is 32.2. The Hall–Kier alpha value is -0.950. The number of aromatic nitrogens is 3. The van der Waals surface area contributed by atoms with Gasteiger partial charge in [-0.25, -0.2) is 8.42 Å². The van der Waals surface area contributed by atoms with Crippen LogP contribution in [0.4, 0.5) is 0 Å². The minimum Gasteiger partial charge on any atom is -0.315 e. The van der Waals surface area contributed by atoms with Crippen LogP contribution in [0.15, 0.2) is 0 Å². The second kappa shape index (κ2) is 5.20. The number of nitrogens with one attached hydrogen (secondary N) is 1. The van der Waals surface area contributed by atoms with Crippen molar-refractivity contribution in [3.8, 4) is 0 Å². The zero-order chi connectivity index (χ0) is 13.3. The van der Waals surface area contributed by atoms with E-state index in [-0.39, 0.29) is 17.5 Å². The van der Waals surface area contributed by atoms with Gasteiger partial charge in [0.25, 0.3) is 0 Å². The molecule has 2 aliphatic heterocycles. The summed E-state index contributed by atoms with van der Waals surface area (Å²) in [5.41, 5.74) is 0. The number of fused-ring (bicyclic) bond motifs is 1. The first kappa shape index (κ1) is 13.1. The first-order chi connectivity index (χ1) is 9.14. The SMILES string of the molecule is O=S1(=O)CCNC(Cc2nnc3n2CCCCC3)C1. The van der Waals surface area contributed by atoms with Gasteiger partial charge in [-0.1, -0.05) is 6.42 Å². The topological polar surface area (TPSA) is 76.9 Å². The van der Waals surface area contributed by atoms with Crippen LogP contribution in [0, 0.1) is 0 Å². The lowest BCUT2D eigenvalue weighted by atomic mass is 10.2. The number of hydrogen-bond acceptors (Lipinski definition) is 5. The molecule has 0 amide bonds. The standard InChI is InChI=1S/C12H20N4O2S/c17-19(18)7-5-13-10(9-19)8-12-15-14-11-4-2-1-3-6-16(11)12/h10,13H,1-9H2. The summed E-state index contributed by atoms with van der Waals surface area (Å²) < 4.78 is 25.5. The van der Waals surface area contributed by atoms with Crippen LogP contribution < -0.4 is 5.32 Å². The third kappa shape index (κ3) is 2.97. The summed E-state index contributed by atoms with van der Waals surface area (Å²) >= 11 is 0. The van der Waals surface area contributed by atoms with E-state index >= 15 is 0 Å². The highest BCUT2D eigenvalue weighted by Gasteiger charge is 2.26. The Kier molecular flexibility index (Phi) is 3.58. The van der Waals surface area contributed by atoms with Crippen molar-refractivity contribution < 1.29 is 8.42 Å². The molecule has 0 aliphatic carbocycles. The Bertz CT molecular complexity index is 552. The molecule has 0 spiro atoms. The average molecular weight is 284 g/mol. The largest absolute Gasteiger partial charge is 0.315 e. The van der Waals surface area contributed by atoms with Gasteiger partial charge in [-0.15, -0.1) is 10.2 Å². The van der Waals surface area contributed by atoms with Gasteiger partial charge in [0.1, 0.15) is 11.6 Å². The van der Waals surface area contributed by atoms with Gasteiger partial charge in [0, 0.05) is 32.0 Å². The molecule has 106 valence electrons. The molecule has 1 atom stereocenters. The molecule has 1 aromatic heterocycles. The summed E-state index contributed by atoms with van der Waals surface area (Å²) in [4.78, 5) is 0. The Morgan fingerprint density at radius 1 is 1.26 bits per heavy atom. The molecule has 1 aromatic rings. The summed E-state index contributed by atoms with van der Waals surface area (Å²) in [5, 5.41) is 11.8. The summed E-state index contributed by atoms with van der Waals surface area (Å²) in [7, 11) is -2.88. The number of hydrogen-bond donors (Lipinski definition) is 1. The predicted molar refractivity (Wildman–Crippen MR) is 71.7 cm³/mol. The van der Waals surface area contributed by atoms with Gasteiger partial charge in [0.2, 0.25) is 0 Å². The molecule has 3 heterocycles. The minimum absolute atomic E-state index is 0.0182. The van der Waals surface area contributed by atoms with Crippen LogP contribution in [0.5, 0.6) is 0 Å². The molecule has 19 heavy (non-hydrogen) atoms. The fraction of sp³-hybridized carbons (Fsp3) is 0.833. The fourth-order valence-corrected chi connectivity index (χ4v) is 4.36. The maximum atomic E-state index is 11.7. The van der Waals surface area contributed by atoms with E-state index < -0.39 is 9.84 Å². The molecule has 0 bridgehead atoms. The van der Waals surface area contributed by atoms with Gasteiger partial charge in [0.05, 0.1) is 11.5 Å². The highest BCUT2D eigenvalue weighted by molar-refractivity contribution is 7.91. The summed E-state index contributed by atoms with van der Waals surface area (Å²) in [6, 6.07) is -0.0182. The van der Waals surface area contributed by atoms with Gasteiger partial charge in [-0.05, 0) is 12.8 Å². The molecule has 0 saturated carbocycles. The van der Waals surface area contributed by atoms with E-state index in [1.807, 2.05) is 0 Å². The van der Waals surface area contributed by atoms with E-state index in [4.69, 9.17) is 0 Å². The summed E-state index contributed by atoms with van der Waals surface area (Å²) in [6.45, 7) is 1.52. The zero-order valence-electron chi connectivity index (χ0n) is 11.0. The number of aryl methyl sites for hydroxylation is 1. The van der Waals surface area contributed by atoms with E-state index in [1.165, 1.54) is 12.8 Å².